The molecule has 1 heterocycles. The third-order valence-electron chi connectivity index (χ3n) is 3.51. The number of hydrogen-bond acceptors (Lipinski definition) is 1. The third-order valence-corrected chi connectivity index (χ3v) is 3.87. The van der Waals surface area contributed by atoms with Crippen molar-refractivity contribution in [3.63, 3.8) is 0 Å². The van der Waals surface area contributed by atoms with E-state index >= 15 is 0 Å². The molecule has 0 saturated carbocycles. The first-order chi connectivity index (χ1) is 9.52. The van der Waals surface area contributed by atoms with E-state index in [-0.39, 0.29) is 5.82 Å². The zero-order valence-corrected chi connectivity index (χ0v) is 12.8. The van der Waals surface area contributed by atoms with Crippen molar-refractivity contribution >= 4 is 11.6 Å². The van der Waals surface area contributed by atoms with Crippen LogP contribution in [-0.4, -0.2) is 11.6 Å². The Morgan fingerprint density at radius 3 is 2.65 bits per heavy atom. The van der Waals surface area contributed by atoms with E-state index in [1.807, 2.05) is 24.0 Å². The van der Waals surface area contributed by atoms with E-state index < -0.39 is 0 Å². The van der Waals surface area contributed by atoms with Crippen LogP contribution in [0.3, 0.4) is 0 Å². The molecule has 0 saturated heterocycles. The maximum absolute atomic E-state index is 13.8. The lowest BCUT2D eigenvalue weighted by Gasteiger charge is -2.18. The van der Waals surface area contributed by atoms with Crippen LogP contribution in [0.4, 0.5) is 4.39 Å². The molecule has 0 aliphatic carbocycles. The summed E-state index contributed by atoms with van der Waals surface area (Å²) < 4.78 is 15.8. The molecule has 0 aliphatic rings. The summed E-state index contributed by atoms with van der Waals surface area (Å²) >= 11 is 6.06. The second-order valence-corrected chi connectivity index (χ2v) is 5.73. The van der Waals surface area contributed by atoms with Gasteiger partial charge in [-0.3, -0.25) is 0 Å². The second kappa shape index (κ2) is 6.42. The summed E-state index contributed by atoms with van der Waals surface area (Å²) in [6, 6.07) is 7.14. The fraction of sp³-hybridized carbons (Fsp3) is 0.375. The molecule has 20 heavy (non-hydrogen) atoms. The van der Waals surface area contributed by atoms with Crippen LogP contribution in [0, 0.1) is 11.7 Å². The number of hydrogen-bond donors (Lipinski definition) is 1. The molecule has 1 atom stereocenters. The smallest absolute Gasteiger partial charge is 0.129 e. The Hall–Kier alpha value is -1.32. The van der Waals surface area contributed by atoms with Crippen LogP contribution in [0.1, 0.15) is 31.0 Å². The molecule has 0 spiro atoms. The predicted molar refractivity (Wildman–Crippen MR) is 81.6 cm³/mol. The topological polar surface area (TPSA) is 17.0 Å². The largest absolute Gasteiger partial charge is 0.349 e. The fourth-order valence-corrected chi connectivity index (χ4v) is 2.72. The minimum atomic E-state index is -0.262. The highest BCUT2D eigenvalue weighted by atomic mass is 35.5. The van der Waals surface area contributed by atoms with Gasteiger partial charge in [0, 0.05) is 29.0 Å². The van der Waals surface area contributed by atoms with Crippen LogP contribution < -0.4 is 5.32 Å². The standard InChI is InChI=1S/C16H20ClFN2/c1-11(2)16(19-3)12-7-8-20(9-12)10-13-14(17)5-4-6-15(13)18/h4-9,11,16,19H,10H2,1-3H3. The first-order valence-electron chi connectivity index (χ1n) is 6.78. The molecular formula is C16H20ClFN2. The number of nitrogens with one attached hydrogen (secondary N) is 1. The van der Waals surface area contributed by atoms with Crippen molar-refractivity contribution < 1.29 is 4.39 Å². The Morgan fingerprint density at radius 2 is 2.05 bits per heavy atom. The van der Waals surface area contributed by atoms with Crippen molar-refractivity contribution in [3.05, 3.63) is 58.6 Å². The van der Waals surface area contributed by atoms with Gasteiger partial charge in [0.2, 0.25) is 0 Å². The van der Waals surface area contributed by atoms with Gasteiger partial charge in [0.1, 0.15) is 5.82 Å². The highest BCUT2D eigenvalue weighted by molar-refractivity contribution is 6.31. The second-order valence-electron chi connectivity index (χ2n) is 5.33. The maximum atomic E-state index is 13.8. The van der Waals surface area contributed by atoms with Crippen LogP contribution in [0.5, 0.6) is 0 Å². The molecule has 1 aromatic carbocycles. The van der Waals surface area contributed by atoms with Crippen molar-refractivity contribution in [1.82, 2.24) is 9.88 Å². The van der Waals surface area contributed by atoms with Gasteiger partial charge < -0.3 is 9.88 Å². The lowest BCUT2D eigenvalue weighted by atomic mass is 9.99. The molecule has 2 nitrogen and oxygen atoms in total. The molecule has 0 fully saturated rings. The van der Waals surface area contributed by atoms with Gasteiger partial charge in [-0.1, -0.05) is 31.5 Å². The van der Waals surface area contributed by atoms with E-state index in [0.717, 1.165) is 0 Å². The van der Waals surface area contributed by atoms with Crippen molar-refractivity contribution in [1.29, 1.82) is 0 Å². The Bertz CT molecular complexity index is 557. The lowest BCUT2D eigenvalue weighted by molar-refractivity contribution is 0.442. The maximum Gasteiger partial charge on any atom is 0.129 e. The fourth-order valence-electron chi connectivity index (χ4n) is 2.49. The molecule has 4 heteroatoms. The lowest BCUT2D eigenvalue weighted by Crippen LogP contribution is -2.21. The van der Waals surface area contributed by atoms with E-state index in [9.17, 15) is 4.39 Å². The van der Waals surface area contributed by atoms with Gasteiger partial charge in [-0.05, 0) is 36.7 Å². The number of aromatic nitrogens is 1. The number of nitrogens with zero attached hydrogens (tertiary/aromatic N) is 1. The number of halogens is 2. The molecule has 2 aromatic rings. The van der Waals surface area contributed by atoms with E-state index in [1.165, 1.54) is 11.6 Å². The summed E-state index contributed by atoms with van der Waals surface area (Å²) in [5.74, 6) is 0.231. The van der Waals surface area contributed by atoms with Gasteiger partial charge >= 0.3 is 0 Å². The summed E-state index contributed by atoms with van der Waals surface area (Å²) in [4.78, 5) is 0. The summed E-state index contributed by atoms with van der Waals surface area (Å²) in [5.41, 5.74) is 1.73. The zero-order chi connectivity index (χ0) is 14.7. The Labute approximate surface area is 124 Å². The summed E-state index contributed by atoms with van der Waals surface area (Å²) in [6.45, 7) is 4.79. The molecule has 108 valence electrons. The third kappa shape index (κ3) is 3.22. The summed E-state index contributed by atoms with van der Waals surface area (Å²) in [7, 11) is 1.95. The van der Waals surface area contributed by atoms with Crippen LogP contribution in [0.15, 0.2) is 36.7 Å². The van der Waals surface area contributed by atoms with Gasteiger partial charge in [-0.25, -0.2) is 4.39 Å². The van der Waals surface area contributed by atoms with Crippen LogP contribution in [0.2, 0.25) is 5.02 Å². The number of benzene rings is 1. The number of rotatable bonds is 5. The molecule has 1 unspecified atom stereocenters. The molecule has 1 aromatic heterocycles. The first kappa shape index (κ1) is 15.1. The van der Waals surface area contributed by atoms with Gasteiger partial charge in [0.15, 0.2) is 0 Å². The van der Waals surface area contributed by atoms with E-state index in [4.69, 9.17) is 11.6 Å². The van der Waals surface area contributed by atoms with Gasteiger partial charge in [-0.15, -0.1) is 0 Å². The van der Waals surface area contributed by atoms with Gasteiger partial charge in [-0.2, -0.15) is 0 Å². The molecular weight excluding hydrogens is 275 g/mol. The normalized spacial score (nSPS) is 12.9. The molecule has 2 rings (SSSR count). The predicted octanol–water partition coefficient (Wildman–Crippen LogP) is 4.25. The van der Waals surface area contributed by atoms with Crippen molar-refractivity contribution in [3.8, 4) is 0 Å². The van der Waals surface area contributed by atoms with Gasteiger partial charge in [0.25, 0.3) is 0 Å². The highest BCUT2D eigenvalue weighted by Crippen LogP contribution is 2.24. The molecule has 0 aliphatic heterocycles. The molecule has 0 amide bonds. The van der Waals surface area contributed by atoms with Crippen LogP contribution in [0.25, 0.3) is 0 Å². The summed E-state index contributed by atoms with van der Waals surface area (Å²) in [6.07, 6.45) is 4.01. The molecule has 0 radical (unpaired) electrons. The Kier molecular flexibility index (Phi) is 4.84. The Balaban J connectivity index is 2.22. The quantitative estimate of drug-likeness (QED) is 0.872. The van der Waals surface area contributed by atoms with Crippen LogP contribution in [-0.2, 0) is 6.54 Å². The molecule has 0 bridgehead atoms. The van der Waals surface area contributed by atoms with E-state index in [1.54, 1.807) is 12.1 Å². The van der Waals surface area contributed by atoms with Gasteiger partial charge in [0.05, 0.1) is 6.54 Å². The van der Waals surface area contributed by atoms with E-state index in [0.29, 0.717) is 29.1 Å². The molecule has 1 N–H and O–H groups in total. The van der Waals surface area contributed by atoms with Crippen molar-refractivity contribution in [2.45, 2.75) is 26.4 Å². The SMILES string of the molecule is CNC(c1ccn(Cc2c(F)cccc2Cl)c1)C(C)C. The van der Waals surface area contributed by atoms with Crippen molar-refractivity contribution in [2.75, 3.05) is 7.05 Å². The van der Waals surface area contributed by atoms with Crippen molar-refractivity contribution in [2.24, 2.45) is 5.92 Å². The Morgan fingerprint density at radius 1 is 1.30 bits per heavy atom. The summed E-state index contributed by atoms with van der Waals surface area (Å²) in [5, 5.41) is 3.77. The van der Waals surface area contributed by atoms with E-state index in [2.05, 4.69) is 25.2 Å². The first-order valence-corrected chi connectivity index (χ1v) is 7.16. The minimum Gasteiger partial charge on any atom is -0.349 e. The minimum absolute atomic E-state index is 0.262. The monoisotopic (exact) mass is 294 g/mol. The average molecular weight is 295 g/mol. The zero-order valence-electron chi connectivity index (χ0n) is 12.0. The highest BCUT2D eigenvalue weighted by Gasteiger charge is 2.15. The van der Waals surface area contributed by atoms with Crippen LogP contribution >= 0.6 is 11.6 Å². The average Bonchev–Trinajstić information content (AvgIpc) is 2.83.